The van der Waals surface area contributed by atoms with E-state index in [1.807, 2.05) is 6.07 Å². The molecule has 0 aliphatic heterocycles. The number of ether oxygens (including phenoxy) is 1. The fraction of sp³-hybridized carbons (Fsp3) is 0.733. The molecule has 1 aromatic rings. The second-order valence-electron chi connectivity index (χ2n) is 5.54. The average molecular weight is 278 g/mol. The normalized spacial score (nSPS) is 16.6. The summed E-state index contributed by atoms with van der Waals surface area (Å²) in [5.41, 5.74) is 0. The molecule has 1 saturated carbocycles. The number of rotatable bonds is 8. The minimum Gasteiger partial charge on any atom is -0.377 e. The molecule has 1 atom stereocenters. The van der Waals surface area contributed by atoms with Crippen molar-refractivity contribution >= 4 is 11.6 Å². The summed E-state index contributed by atoms with van der Waals surface area (Å²) in [5.74, 6) is 3.27. The van der Waals surface area contributed by atoms with E-state index in [2.05, 4.69) is 34.4 Å². The van der Waals surface area contributed by atoms with Gasteiger partial charge in [-0.15, -0.1) is 0 Å². The molecule has 1 aromatic heterocycles. The molecule has 1 fully saturated rings. The highest BCUT2D eigenvalue weighted by atomic mass is 16.5. The van der Waals surface area contributed by atoms with Crippen LogP contribution in [0.3, 0.4) is 0 Å². The van der Waals surface area contributed by atoms with Gasteiger partial charge in [0.1, 0.15) is 18.2 Å². The number of nitrogens with zero attached hydrogens (tertiary/aromatic N) is 2. The fourth-order valence-electron chi connectivity index (χ4n) is 2.40. The maximum atomic E-state index is 5.15. The number of aromatic nitrogens is 2. The third-order valence-electron chi connectivity index (χ3n) is 3.83. The van der Waals surface area contributed by atoms with Gasteiger partial charge in [0.2, 0.25) is 0 Å². The molecule has 0 spiro atoms. The van der Waals surface area contributed by atoms with Crippen LogP contribution < -0.4 is 10.6 Å². The first-order valence-electron chi connectivity index (χ1n) is 7.60. The van der Waals surface area contributed by atoms with Crippen LogP contribution in [0.15, 0.2) is 6.07 Å². The van der Waals surface area contributed by atoms with Gasteiger partial charge in [-0.25, -0.2) is 9.97 Å². The van der Waals surface area contributed by atoms with Crippen LogP contribution in [0.25, 0.3) is 0 Å². The Hall–Kier alpha value is -1.36. The van der Waals surface area contributed by atoms with Crippen molar-refractivity contribution in [2.45, 2.75) is 52.2 Å². The lowest BCUT2D eigenvalue weighted by atomic mass is 9.80. The van der Waals surface area contributed by atoms with E-state index in [9.17, 15) is 0 Å². The van der Waals surface area contributed by atoms with E-state index in [-0.39, 0.29) is 0 Å². The van der Waals surface area contributed by atoms with Crippen LogP contribution in [-0.2, 0) is 11.3 Å². The number of nitrogens with one attached hydrogen (secondary N) is 2. The van der Waals surface area contributed by atoms with Crippen LogP contribution in [0.5, 0.6) is 0 Å². The number of hydrogen-bond acceptors (Lipinski definition) is 5. The zero-order chi connectivity index (χ0) is 14.4. The van der Waals surface area contributed by atoms with Crippen molar-refractivity contribution in [1.82, 2.24) is 9.97 Å². The molecule has 5 nitrogen and oxygen atoms in total. The quantitative estimate of drug-likeness (QED) is 0.765. The van der Waals surface area contributed by atoms with Gasteiger partial charge in [0.05, 0.1) is 0 Å². The third-order valence-corrected chi connectivity index (χ3v) is 3.83. The SMILES string of the molecule is CCCNc1cc(NC(C)C2CCC2)nc(COC)n1. The largest absolute Gasteiger partial charge is 0.377 e. The van der Waals surface area contributed by atoms with Gasteiger partial charge in [0.25, 0.3) is 0 Å². The standard InChI is InChI=1S/C15H26N4O/c1-4-8-16-13-9-14(19-15(18-13)10-20-3)17-11(2)12-6-5-7-12/h9,11-12H,4-8,10H2,1-3H3,(H2,16,17,18,19). The molecule has 20 heavy (non-hydrogen) atoms. The fourth-order valence-corrected chi connectivity index (χ4v) is 2.40. The van der Waals surface area contributed by atoms with Crippen molar-refractivity contribution in [3.05, 3.63) is 11.9 Å². The highest BCUT2D eigenvalue weighted by Gasteiger charge is 2.24. The van der Waals surface area contributed by atoms with E-state index in [1.165, 1.54) is 19.3 Å². The lowest BCUT2D eigenvalue weighted by Crippen LogP contribution is -2.31. The zero-order valence-corrected chi connectivity index (χ0v) is 12.8. The molecule has 0 radical (unpaired) electrons. The lowest BCUT2D eigenvalue weighted by Gasteiger charge is -2.32. The molecule has 112 valence electrons. The summed E-state index contributed by atoms with van der Waals surface area (Å²) in [7, 11) is 1.67. The second-order valence-corrected chi connectivity index (χ2v) is 5.54. The van der Waals surface area contributed by atoms with E-state index in [0.29, 0.717) is 12.6 Å². The van der Waals surface area contributed by atoms with Crippen LogP contribution >= 0.6 is 0 Å². The van der Waals surface area contributed by atoms with E-state index in [4.69, 9.17) is 4.74 Å². The van der Waals surface area contributed by atoms with Crippen LogP contribution in [0, 0.1) is 5.92 Å². The summed E-state index contributed by atoms with van der Waals surface area (Å²) >= 11 is 0. The van der Waals surface area contributed by atoms with Gasteiger partial charge < -0.3 is 15.4 Å². The van der Waals surface area contributed by atoms with Crippen LogP contribution in [-0.4, -0.2) is 29.7 Å². The van der Waals surface area contributed by atoms with Crippen LogP contribution in [0.1, 0.15) is 45.4 Å². The smallest absolute Gasteiger partial charge is 0.158 e. The van der Waals surface area contributed by atoms with Gasteiger partial charge in [-0.05, 0) is 32.1 Å². The Kier molecular flexibility index (Phi) is 5.59. The highest BCUT2D eigenvalue weighted by molar-refractivity contribution is 5.48. The molecule has 0 bridgehead atoms. The molecule has 0 saturated heterocycles. The molecule has 1 heterocycles. The van der Waals surface area contributed by atoms with Gasteiger partial charge >= 0.3 is 0 Å². The summed E-state index contributed by atoms with van der Waals surface area (Å²) in [6.07, 6.45) is 5.08. The molecule has 1 unspecified atom stereocenters. The van der Waals surface area contributed by atoms with E-state index in [1.54, 1.807) is 7.11 Å². The summed E-state index contributed by atoms with van der Waals surface area (Å²) < 4.78 is 5.15. The van der Waals surface area contributed by atoms with Gasteiger partial charge in [-0.2, -0.15) is 0 Å². The molecule has 1 aliphatic carbocycles. The molecular formula is C15H26N4O. The molecule has 1 aliphatic rings. The molecule has 2 rings (SSSR count). The molecule has 0 aromatic carbocycles. The predicted octanol–water partition coefficient (Wildman–Crippen LogP) is 3.05. The number of hydrogen-bond donors (Lipinski definition) is 2. The molecular weight excluding hydrogens is 252 g/mol. The minimum absolute atomic E-state index is 0.439. The molecule has 2 N–H and O–H groups in total. The van der Waals surface area contributed by atoms with E-state index in [0.717, 1.165) is 36.3 Å². The minimum atomic E-state index is 0.439. The summed E-state index contributed by atoms with van der Waals surface area (Å²) in [4.78, 5) is 8.98. The number of anilines is 2. The Morgan fingerprint density at radius 3 is 2.70 bits per heavy atom. The maximum Gasteiger partial charge on any atom is 0.158 e. The molecule has 5 heteroatoms. The highest BCUT2D eigenvalue weighted by Crippen LogP contribution is 2.30. The topological polar surface area (TPSA) is 59.1 Å². The first kappa shape index (κ1) is 15.0. The number of methoxy groups -OCH3 is 1. The van der Waals surface area contributed by atoms with Crippen LogP contribution in [0.4, 0.5) is 11.6 Å². The van der Waals surface area contributed by atoms with Gasteiger partial charge in [0.15, 0.2) is 5.82 Å². The van der Waals surface area contributed by atoms with Crippen molar-refractivity contribution in [2.75, 3.05) is 24.3 Å². The predicted molar refractivity (Wildman–Crippen MR) is 82.0 cm³/mol. The zero-order valence-electron chi connectivity index (χ0n) is 12.8. The second kappa shape index (κ2) is 7.43. The van der Waals surface area contributed by atoms with Gasteiger partial charge in [-0.3, -0.25) is 0 Å². The van der Waals surface area contributed by atoms with Crippen molar-refractivity contribution < 1.29 is 4.74 Å². The van der Waals surface area contributed by atoms with E-state index >= 15 is 0 Å². The third kappa shape index (κ3) is 4.07. The molecule has 0 amide bonds. The summed E-state index contributed by atoms with van der Waals surface area (Å²) in [6.45, 7) is 5.73. The van der Waals surface area contributed by atoms with Gasteiger partial charge in [0, 0.05) is 25.8 Å². The van der Waals surface area contributed by atoms with Crippen molar-refractivity contribution in [2.24, 2.45) is 5.92 Å². The van der Waals surface area contributed by atoms with Crippen LogP contribution in [0.2, 0.25) is 0 Å². The Morgan fingerprint density at radius 2 is 2.10 bits per heavy atom. The maximum absolute atomic E-state index is 5.15. The first-order chi connectivity index (χ1) is 9.72. The van der Waals surface area contributed by atoms with Crippen molar-refractivity contribution in [3.63, 3.8) is 0 Å². The average Bonchev–Trinajstić information content (AvgIpc) is 2.34. The Labute approximate surface area is 121 Å². The van der Waals surface area contributed by atoms with Crippen molar-refractivity contribution in [3.8, 4) is 0 Å². The Morgan fingerprint density at radius 1 is 1.35 bits per heavy atom. The Bertz CT molecular complexity index is 420. The van der Waals surface area contributed by atoms with E-state index < -0.39 is 0 Å². The lowest BCUT2D eigenvalue weighted by molar-refractivity contribution is 0.178. The van der Waals surface area contributed by atoms with Crippen molar-refractivity contribution in [1.29, 1.82) is 0 Å². The van der Waals surface area contributed by atoms with Gasteiger partial charge in [-0.1, -0.05) is 13.3 Å². The Balaban J connectivity index is 2.06. The monoisotopic (exact) mass is 278 g/mol. The first-order valence-corrected chi connectivity index (χ1v) is 7.60. The summed E-state index contributed by atoms with van der Waals surface area (Å²) in [5, 5.41) is 6.83. The summed E-state index contributed by atoms with van der Waals surface area (Å²) in [6, 6.07) is 2.46.